The monoisotopic (exact) mass is 687 g/mol. The molecule has 1 heterocycles. The number of nitrogens with zero attached hydrogens (tertiary/aromatic N) is 1. The van der Waals surface area contributed by atoms with Crippen molar-refractivity contribution >= 4 is 51.7 Å². The number of hydrogen-bond acceptors (Lipinski definition) is 8. The molecule has 1 fully saturated rings. The maximum absolute atomic E-state index is 13.3. The number of carbonyl (C=O) groups is 3. The van der Waals surface area contributed by atoms with Crippen LogP contribution >= 0.6 is 11.6 Å². The number of methoxy groups -OCH3 is 1. The number of halogens is 2. The SMILES string of the molecule is COc1cc2c(Oc3cccc(NC(=O)C4(C(=O)Nc5ccc(F)cc5)CC4)c3Cl)ccnc2cc1OCCCCCCC(=O)[O-].[K+]. The quantitative estimate of drug-likeness (QED) is 0.110. The standard InChI is InChI=1S/C34H33ClFN3O7.K/c1-44-28-19-23-25(20-29(28)45-18-5-3-2-4-9-30(40)41)37-17-14-26(23)46-27-8-6-7-24(31(27)35)39-33(43)34(15-16-34)32(42)38-22-12-10-21(36)11-13-22;/h6-8,10-14,17,19-20H,2-5,9,15-16,18H2,1H3,(H,38,42)(H,39,43)(H,40,41);/q;+1/p-1. The van der Waals surface area contributed by atoms with Gasteiger partial charge in [-0.3, -0.25) is 14.6 Å². The Hall–Kier alpha value is -3.26. The van der Waals surface area contributed by atoms with E-state index >= 15 is 0 Å². The molecule has 0 spiro atoms. The van der Waals surface area contributed by atoms with Gasteiger partial charge in [0.2, 0.25) is 11.8 Å². The van der Waals surface area contributed by atoms with Crippen molar-refractivity contribution in [3.63, 3.8) is 0 Å². The summed E-state index contributed by atoms with van der Waals surface area (Å²) < 4.78 is 31.0. The van der Waals surface area contributed by atoms with Gasteiger partial charge >= 0.3 is 51.4 Å². The number of pyridine rings is 1. The molecule has 0 atom stereocenters. The van der Waals surface area contributed by atoms with Gasteiger partial charge in [0.25, 0.3) is 0 Å². The van der Waals surface area contributed by atoms with Crippen LogP contribution in [0.25, 0.3) is 10.9 Å². The molecule has 13 heteroatoms. The fourth-order valence-corrected chi connectivity index (χ4v) is 5.12. The minimum absolute atomic E-state index is 0. The Kier molecular flexibility index (Phi) is 13.0. The van der Waals surface area contributed by atoms with Crippen molar-refractivity contribution in [1.29, 1.82) is 0 Å². The second-order valence-corrected chi connectivity index (χ2v) is 11.3. The van der Waals surface area contributed by atoms with Gasteiger partial charge in [0.1, 0.15) is 27.8 Å². The number of fused-ring (bicyclic) bond motifs is 1. The topological polar surface area (TPSA) is 139 Å². The van der Waals surface area contributed by atoms with E-state index in [0.717, 1.165) is 19.3 Å². The van der Waals surface area contributed by atoms with Gasteiger partial charge < -0.3 is 34.7 Å². The van der Waals surface area contributed by atoms with E-state index in [4.69, 9.17) is 25.8 Å². The van der Waals surface area contributed by atoms with Crippen molar-refractivity contribution < 1.29 is 89.5 Å². The maximum Gasteiger partial charge on any atom is 1.00 e. The van der Waals surface area contributed by atoms with Crippen LogP contribution in [-0.2, 0) is 14.4 Å². The van der Waals surface area contributed by atoms with Crippen LogP contribution in [0.1, 0.15) is 44.9 Å². The average molecular weight is 688 g/mol. The third kappa shape index (κ3) is 9.21. The summed E-state index contributed by atoms with van der Waals surface area (Å²) in [7, 11) is 1.53. The van der Waals surface area contributed by atoms with E-state index in [1.807, 2.05) is 0 Å². The summed E-state index contributed by atoms with van der Waals surface area (Å²) >= 11 is 6.68. The largest absolute Gasteiger partial charge is 1.00 e. The van der Waals surface area contributed by atoms with Crippen LogP contribution in [0.2, 0.25) is 5.02 Å². The normalized spacial score (nSPS) is 12.8. The minimum atomic E-state index is -1.26. The van der Waals surface area contributed by atoms with Gasteiger partial charge in [-0.15, -0.1) is 0 Å². The summed E-state index contributed by atoms with van der Waals surface area (Å²) in [5, 5.41) is 16.8. The third-order valence-electron chi connectivity index (χ3n) is 7.67. The molecule has 0 bridgehead atoms. The number of hydrogen-bond donors (Lipinski definition) is 2. The van der Waals surface area contributed by atoms with Gasteiger partial charge in [-0.1, -0.05) is 30.5 Å². The molecule has 5 rings (SSSR count). The predicted molar refractivity (Wildman–Crippen MR) is 169 cm³/mol. The number of aromatic nitrogens is 1. The Morgan fingerprint density at radius 1 is 0.915 bits per heavy atom. The van der Waals surface area contributed by atoms with Crippen molar-refractivity contribution in [2.24, 2.45) is 5.41 Å². The van der Waals surface area contributed by atoms with Crippen molar-refractivity contribution in [1.82, 2.24) is 4.98 Å². The molecule has 1 aromatic heterocycles. The van der Waals surface area contributed by atoms with E-state index < -0.39 is 29.0 Å². The zero-order valence-corrected chi connectivity index (χ0v) is 29.9. The fraction of sp³-hybridized carbons (Fsp3) is 0.294. The van der Waals surface area contributed by atoms with Gasteiger partial charge in [0, 0.05) is 29.3 Å². The van der Waals surface area contributed by atoms with Crippen molar-refractivity contribution in [3.8, 4) is 23.0 Å². The summed E-state index contributed by atoms with van der Waals surface area (Å²) in [4.78, 5) is 41.2. The Morgan fingerprint density at radius 3 is 2.34 bits per heavy atom. The van der Waals surface area contributed by atoms with Gasteiger partial charge in [0.15, 0.2) is 11.5 Å². The summed E-state index contributed by atoms with van der Waals surface area (Å²) in [6, 6.07) is 15.4. The second kappa shape index (κ2) is 16.7. The van der Waals surface area contributed by atoms with Crippen LogP contribution in [0, 0.1) is 11.2 Å². The number of aliphatic carboxylic acids is 1. The van der Waals surface area contributed by atoms with Crippen molar-refractivity contribution in [2.75, 3.05) is 24.4 Å². The zero-order valence-electron chi connectivity index (χ0n) is 26.1. The number of ether oxygens (including phenoxy) is 3. The molecule has 1 aliphatic carbocycles. The number of amides is 2. The number of anilines is 2. The van der Waals surface area contributed by atoms with E-state index in [0.29, 0.717) is 59.7 Å². The molecule has 0 unspecified atom stereocenters. The van der Waals surface area contributed by atoms with Crippen LogP contribution in [0.3, 0.4) is 0 Å². The van der Waals surface area contributed by atoms with Crippen LogP contribution in [0.4, 0.5) is 15.8 Å². The number of unbranched alkanes of at least 4 members (excludes halogenated alkanes) is 3. The molecular formula is C34H32ClFKN3O7. The molecule has 2 N–H and O–H groups in total. The Morgan fingerprint density at radius 2 is 1.64 bits per heavy atom. The number of rotatable bonds is 15. The first-order chi connectivity index (χ1) is 22.2. The molecule has 10 nitrogen and oxygen atoms in total. The van der Waals surface area contributed by atoms with Crippen molar-refractivity contribution in [3.05, 3.63) is 77.7 Å². The number of benzene rings is 3. The van der Waals surface area contributed by atoms with E-state index in [1.54, 1.807) is 42.6 Å². The maximum atomic E-state index is 13.3. The van der Waals surface area contributed by atoms with Crippen LogP contribution in [0.5, 0.6) is 23.0 Å². The molecule has 1 aliphatic rings. The number of carboxylic acid groups (broad SMARTS) is 1. The first kappa shape index (κ1) is 36.6. The molecule has 240 valence electrons. The summed E-state index contributed by atoms with van der Waals surface area (Å²) in [5.41, 5.74) is -0.00609. The molecule has 2 amide bonds. The van der Waals surface area contributed by atoms with Gasteiger partial charge in [-0.05, 0) is 80.6 Å². The smallest absolute Gasteiger partial charge is 0.550 e. The zero-order chi connectivity index (χ0) is 32.7. The molecule has 4 aromatic rings. The number of carbonyl (C=O) groups excluding carboxylic acids is 3. The first-order valence-electron chi connectivity index (χ1n) is 14.8. The molecule has 0 radical (unpaired) electrons. The summed E-state index contributed by atoms with van der Waals surface area (Å²) in [6.07, 6.45) is 5.28. The van der Waals surface area contributed by atoms with Gasteiger partial charge in [-0.25, -0.2) is 4.39 Å². The Labute approximate surface area is 318 Å². The van der Waals surface area contributed by atoms with E-state index in [-0.39, 0.29) is 74.3 Å². The van der Waals surface area contributed by atoms with Gasteiger partial charge in [-0.2, -0.15) is 0 Å². The van der Waals surface area contributed by atoms with E-state index in [2.05, 4.69) is 15.6 Å². The predicted octanol–water partition coefficient (Wildman–Crippen LogP) is 3.27. The Bertz CT molecular complexity index is 1750. The summed E-state index contributed by atoms with van der Waals surface area (Å²) in [6.45, 7) is 0.423. The van der Waals surface area contributed by atoms with E-state index in [9.17, 15) is 23.9 Å². The molecule has 3 aromatic carbocycles. The van der Waals surface area contributed by atoms with Crippen molar-refractivity contribution in [2.45, 2.75) is 44.9 Å². The number of nitrogens with one attached hydrogen (secondary N) is 2. The van der Waals surface area contributed by atoms with E-state index in [1.165, 1.54) is 31.4 Å². The molecule has 0 saturated heterocycles. The molecular weight excluding hydrogens is 656 g/mol. The molecule has 0 aliphatic heterocycles. The fourth-order valence-electron chi connectivity index (χ4n) is 4.91. The number of carboxylic acids is 1. The Balaban J connectivity index is 0.00000500. The van der Waals surface area contributed by atoms with Crippen LogP contribution in [0.15, 0.2) is 66.9 Å². The minimum Gasteiger partial charge on any atom is -0.550 e. The second-order valence-electron chi connectivity index (χ2n) is 10.9. The van der Waals surface area contributed by atoms with Gasteiger partial charge in [0.05, 0.1) is 24.9 Å². The van der Waals surface area contributed by atoms with Crippen LogP contribution < -0.4 is 81.3 Å². The average Bonchev–Trinajstić information content (AvgIpc) is 3.86. The first-order valence-corrected chi connectivity index (χ1v) is 15.2. The molecule has 1 saturated carbocycles. The summed E-state index contributed by atoms with van der Waals surface area (Å²) in [5.74, 6) is -0.763. The third-order valence-corrected chi connectivity index (χ3v) is 8.06. The van der Waals surface area contributed by atoms with Crippen LogP contribution in [-0.4, -0.2) is 36.5 Å². The molecule has 47 heavy (non-hydrogen) atoms.